The van der Waals surface area contributed by atoms with E-state index in [1.807, 2.05) is 5.48 Å². The van der Waals surface area contributed by atoms with Gasteiger partial charge in [-0.3, -0.25) is 9.59 Å². The Morgan fingerprint density at radius 3 is 2.45 bits per heavy atom. The maximum atomic E-state index is 12.6. The van der Waals surface area contributed by atoms with Crippen molar-refractivity contribution in [2.45, 2.75) is 52.6 Å². The van der Waals surface area contributed by atoms with Crippen molar-refractivity contribution in [1.82, 2.24) is 5.48 Å². The molecule has 160 valence electrons. The van der Waals surface area contributed by atoms with Crippen LogP contribution < -0.4 is 5.48 Å². The molecule has 0 aliphatic heterocycles. The molecule has 0 spiro atoms. The van der Waals surface area contributed by atoms with Crippen LogP contribution in [0.15, 0.2) is 24.3 Å². The minimum absolute atomic E-state index is 0.102. The van der Waals surface area contributed by atoms with Crippen LogP contribution in [0.25, 0.3) is 0 Å². The van der Waals surface area contributed by atoms with Crippen LogP contribution in [-0.4, -0.2) is 41.3 Å². The van der Waals surface area contributed by atoms with Crippen LogP contribution in [0, 0.1) is 5.92 Å². The Bertz CT molecular complexity index is 738. The van der Waals surface area contributed by atoms with Gasteiger partial charge in [0, 0.05) is 6.42 Å². The van der Waals surface area contributed by atoms with Gasteiger partial charge in [0.15, 0.2) is 0 Å². The molecule has 0 bridgehead atoms. The van der Waals surface area contributed by atoms with Gasteiger partial charge in [-0.05, 0) is 58.2 Å². The number of rotatable bonds is 8. The highest BCUT2D eigenvalue weighted by Gasteiger charge is 2.26. The number of amides is 1. The van der Waals surface area contributed by atoms with E-state index in [2.05, 4.69) is 9.57 Å². The summed E-state index contributed by atoms with van der Waals surface area (Å²) in [7, 11) is 0. The molecule has 0 heterocycles. The van der Waals surface area contributed by atoms with Crippen molar-refractivity contribution >= 4 is 24.0 Å². The summed E-state index contributed by atoms with van der Waals surface area (Å²) < 4.78 is 9.94. The second kappa shape index (κ2) is 11.0. The van der Waals surface area contributed by atoms with Crippen LogP contribution in [0.1, 0.15) is 56.5 Å². The van der Waals surface area contributed by atoms with Gasteiger partial charge in [0.1, 0.15) is 5.60 Å². The smallest absolute Gasteiger partial charge is 0.478 e. The van der Waals surface area contributed by atoms with Crippen LogP contribution in [0.3, 0.4) is 0 Å². The van der Waals surface area contributed by atoms with Crippen LogP contribution in [-0.2, 0) is 30.3 Å². The first-order valence-corrected chi connectivity index (χ1v) is 9.19. The molecule has 0 aromatic heterocycles. The van der Waals surface area contributed by atoms with E-state index in [4.69, 9.17) is 9.84 Å². The van der Waals surface area contributed by atoms with E-state index < -0.39 is 35.5 Å². The van der Waals surface area contributed by atoms with E-state index in [1.54, 1.807) is 39.8 Å². The summed E-state index contributed by atoms with van der Waals surface area (Å²) in [5.41, 5.74) is 1.97. The number of carbonyl (C=O) groups excluding carboxylic acids is 3. The maximum Gasteiger partial charge on any atom is 0.533 e. The lowest BCUT2D eigenvalue weighted by atomic mass is 9.93. The third-order valence-corrected chi connectivity index (χ3v) is 3.63. The van der Waals surface area contributed by atoms with Crippen molar-refractivity contribution in [2.24, 2.45) is 5.92 Å². The normalized spacial score (nSPS) is 11.9. The summed E-state index contributed by atoms with van der Waals surface area (Å²) in [6, 6.07) is 6.22. The van der Waals surface area contributed by atoms with Crippen molar-refractivity contribution in [1.29, 1.82) is 0 Å². The first kappa shape index (κ1) is 23.9. The fourth-order valence-corrected chi connectivity index (χ4v) is 2.41. The first-order chi connectivity index (χ1) is 13.5. The SMILES string of the molecule is CCOC(=O)ONC(=O)CCC(Cc1cccc(C(=O)O)c1)C(=O)OC(C)(C)C. The molecule has 9 nitrogen and oxygen atoms in total. The third kappa shape index (κ3) is 9.59. The molecular formula is C20H27NO8. The fourth-order valence-electron chi connectivity index (χ4n) is 2.41. The quantitative estimate of drug-likeness (QED) is 0.495. The summed E-state index contributed by atoms with van der Waals surface area (Å²) in [6.07, 6.45) is -0.830. The molecule has 0 radical (unpaired) electrons. The second-order valence-corrected chi connectivity index (χ2v) is 7.29. The zero-order valence-corrected chi connectivity index (χ0v) is 17.0. The maximum absolute atomic E-state index is 12.6. The molecule has 1 unspecified atom stereocenters. The molecule has 1 amide bonds. The zero-order chi connectivity index (χ0) is 22.0. The van der Waals surface area contributed by atoms with E-state index in [-0.39, 0.29) is 31.4 Å². The van der Waals surface area contributed by atoms with Gasteiger partial charge in [-0.2, -0.15) is 5.48 Å². The second-order valence-electron chi connectivity index (χ2n) is 7.29. The highest BCUT2D eigenvalue weighted by Crippen LogP contribution is 2.20. The van der Waals surface area contributed by atoms with E-state index >= 15 is 0 Å². The Hall–Kier alpha value is -3.10. The van der Waals surface area contributed by atoms with Crippen LogP contribution in [0.2, 0.25) is 0 Å². The number of benzene rings is 1. The summed E-state index contributed by atoms with van der Waals surface area (Å²) >= 11 is 0. The highest BCUT2D eigenvalue weighted by atomic mass is 16.8. The highest BCUT2D eigenvalue weighted by molar-refractivity contribution is 5.87. The molecule has 0 aliphatic carbocycles. The molecule has 1 atom stereocenters. The summed E-state index contributed by atoms with van der Waals surface area (Å²) in [4.78, 5) is 51.1. The zero-order valence-electron chi connectivity index (χ0n) is 17.0. The largest absolute Gasteiger partial charge is 0.533 e. The number of carboxylic acids is 1. The minimum Gasteiger partial charge on any atom is -0.478 e. The minimum atomic E-state index is -1.07. The number of nitrogens with one attached hydrogen (secondary N) is 1. The molecule has 0 saturated heterocycles. The van der Waals surface area contributed by atoms with Crippen LogP contribution in [0.5, 0.6) is 0 Å². The molecule has 1 aromatic rings. The lowest BCUT2D eigenvalue weighted by Gasteiger charge is -2.24. The first-order valence-electron chi connectivity index (χ1n) is 9.19. The molecule has 9 heteroatoms. The van der Waals surface area contributed by atoms with Gasteiger partial charge >= 0.3 is 18.1 Å². The van der Waals surface area contributed by atoms with Gasteiger partial charge in [0.05, 0.1) is 18.1 Å². The third-order valence-electron chi connectivity index (χ3n) is 3.63. The predicted molar refractivity (Wildman–Crippen MR) is 102 cm³/mol. The fraction of sp³-hybridized carbons (Fsp3) is 0.500. The van der Waals surface area contributed by atoms with E-state index in [0.717, 1.165) is 0 Å². The molecule has 29 heavy (non-hydrogen) atoms. The van der Waals surface area contributed by atoms with E-state index in [0.29, 0.717) is 5.56 Å². The van der Waals surface area contributed by atoms with Gasteiger partial charge in [-0.1, -0.05) is 12.1 Å². The molecule has 2 N–H and O–H groups in total. The lowest BCUT2D eigenvalue weighted by Crippen LogP contribution is -2.32. The molecule has 1 rings (SSSR count). The number of carbonyl (C=O) groups is 4. The Labute approximate surface area is 169 Å². The number of aromatic carboxylic acids is 1. The van der Waals surface area contributed by atoms with Gasteiger partial charge in [-0.15, -0.1) is 0 Å². The Morgan fingerprint density at radius 1 is 1.17 bits per heavy atom. The Balaban J connectivity index is 2.80. The standard InChI is InChI=1S/C20H27NO8/c1-5-27-19(26)29-21-16(22)10-9-15(18(25)28-20(2,3)4)12-13-7-6-8-14(11-13)17(23)24/h6-8,11,15H,5,9-10,12H2,1-4H3,(H,21,22)(H,23,24). The molecule has 0 aliphatic rings. The van der Waals surface area contributed by atoms with Crippen molar-refractivity contribution in [3.63, 3.8) is 0 Å². The molecular weight excluding hydrogens is 382 g/mol. The topological polar surface area (TPSA) is 128 Å². The summed E-state index contributed by atoms with van der Waals surface area (Å²) in [6.45, 7) is 6.88. The van der Waals surface area contributed by atoms with Gasteiger partial charge in [-0.25, -0.2) is 9.59 Å². The number of esters is 1. The van der Waals surface area contributed by atoms with E-state index in [9.17, 15) is 19.2 Å². The average molecular weight is 409 g/mol. The summed E-state index contributed by atoms with van der Waals surface area (Å²) in [5.74, 6) is -2.87. The van der Waals surface area contributed by atoms with E-state index in [1.165, 1.54) is 12.1 Å². The molecule has 1 aromatic carbocycles. The molecule has 0 saturated carbocycles. The number of hydrogen-bond donors (Lipinski definition) is 2. The number of hydroxylamine groups is 1. The van der Waals surface area contributed by atoms with Crippen molar-refractivity contribution < 1.29 is 38.6 Å². The van der Waals surface area contributed by atoms with Crippen molar-refractivity contribution in [3.8, 4) is 0 Å². The van der Waals surface area contributed by atoms with Crippen molar-refractivity contribution in [2.75, 3.05) is 6.61 Å². The van der Waals surface area contributed by atoms with Gasteiger partial charge in [0.25, 0.3) is 5.91 Å². The number of hydrogen-bond acceptors (Lipinski definition) is 7. The Morgan fingerprint density at radius 2 is 1.86 bits per heavy atom. The number of ether oxygens (including phenoxy) is 2. The monoisotopic (exact) mass is 409 g/mol. The lowest BCUT2D eigenvalue weighted by molar-refractivity contribution is -0.160. The van der Waals surface area contributed by atoms with Crippen LogP contribution >= 0.6 is 0 Å². The Kier molecular flexibility index (Phi) is 9.11. The van der Waals surface area contributed by atoms with Gasteiger partial charge in [0.2, 0.25) is 0 Å². The number of carboxylic acid groups (broad SMARTS) is 1. The average Bonchev–Trinajstić information content (AvgIpc) is 2.62. The van der Waals surface area contributed by atoms with Gasteiger partial charge < -0.3 is 19.4 Å². The van der Waals surface area contributed by atoms with Crippen molar-refractivity contribution in [3.05, 3.63) is 35.4 Å². The predicted octanol–water partition coefficient (Wildman–Crippen LogP) is 2.87. The van der Waals surface area contributed by atoms with Crippen LogP contribution in [0.4, 0.5) is 4.79 Å². The summed E-state index contributed by atoms with van der Waals surface area (Å²) in [5, 5.41) is 9.13. The molecule has 0 fully saturated rings.